The summed E-state index contributed by atoms with van der Waals surface area (Å²) >= 11 is 15.5. The van der Waals surface area contributed by atoms with E-state index in [4.69, 9.17) is 32.7 Å². The predicted octanol–water partition coefficient (Wildman–Crippen LogP) is 5.27. The molecule has 0 saturated heterocycles. The van der Waals surface area contributed by atoms with Crippen LogP contribution in [0.5, 0.6) is 11.5 Å². The van der Waals surface area contributed by atoms with E-state index in [-0.39, 0.29) is 6.10 Å². The standard InChI is InChI=1S/C14H9BrCl2O2/c15-10-2-1-3-12-14(10)19-13(7-18-12)9-5-4-8(16)6-11(9)17/h1-6,13H,7H2/t13-/m1/s1. The third-order valence-corrected chi connectivity index (χ3v) is 4.08. The van der Waals surface area contributed by atoms with Gasteiger partial charge in [0.05, 0.1) is 4.47 Å². The summed E-state index contributed by atoms with van der Waals surface area (Å²) in [5.74, 6) is 1.43. The van der Waals surface area contributed by atoms with Crippen LogP contribution in [0.25, 0.3) is 0 Å². The van der Waals surface area contributed by atoms with Gasteiger partial charge in [0.1, 0.15) is 6.61 Å². The Balaban J connectivity index is 1.95. The molecule has 0 spiro atoms. The maximum Gasteiger partial charge on any atom is 0.176 e. The molecule has 0 aliphatic carbocycles. The molecule has 0 saturated carbocycles. The molecule has 1 aliphatic rings. The third-order valence-electron chi connectivity index (χ3n) is 2.89. The molecule has 0 amide bonds. The van der Waals surface area contributed by atoms with E-state index in [0.717, 1.165) is 15.8 Å². The minimum atomic E-state index is -0.240. The number of para-hydroxylation sites is 1. The van der Waals surface area contributed by atoms with Crippen LogP contribution in [-0.4, -0.2) is 6.61 Å². The SMILES string of the molecule is Clc1ccc([C@H]2COc3cccc(Br)c3O2)c(Cl)c1. The summed E-state index contributed by atoms with van der Waals surface area (Å²) < 4.78 is 12.5. The average Bonchev–Trinajstić information content (AvgIpc) is 2.39. The van der Waals surface area contributed by atoms with Crippen molar-refractivity contribution in [2.45, 2.75) is 6.10 Å². The fourth-order valence-corrected chi connectivity index (χ4v) is 2.95. The first-order valence-electron chi connectivity index (χ1n) is 5.68. The topological polar surface area (TPSA) is 18.5 Å². The number of ether oxygens (including phenoxy) is 2. The molecule has 0 unspecified atom stereocenters. The summed E-state index contributed by atoms with van der Waals surface area (Å²) in [7, 11) is 0. The van der Waals surface area contributed by atoms with Crippen molar-refractivity contribution in [1.82, 2.24) is 0 Å². The van der Waals surface area contributed by atoms with E-state index >= 15 is 0 Å². The van der Waals surface area contributed by atoms with Gasteiger partial charge in [-0.3, -0.25) is 0 Å². The summed E-state index contributed by atoms with van der Waals surface area (Å²) in [5.41, 5.74) is 0.868. The van der Waals surface area contributed by atoms with Gasteiger partial charge in [0, 0.05) is 15.6 Å². The first-order valence-corrected chi connectivity index (χ1v) is 7.23. The molecule has 0 fully saturated rings. The highest BCUT2D eigenvalue weighted by atomic mass is 79.9. The highest BCUT2D eigenvalue weighted by molar-refractivity contribution is 9.10. The van der Waals surface area contributed by atoms with Gasteiger partial charge >= 0.3 is 0 Å². The highest BCUT2D eigenvalue weighted by Crippen LogP contribution is 2.42. The second-order valence-corrected chi connectivity index (χ2v) is 5.85. The Hall–Kier alpha value is -0.900. The van der Waals surface area contributed by atoms with Crippen LogP contribution in [0, 0.1) is 0 Å². The van der Waals surface area contributed by atoms with E-state index in [0.29, 0.717) is 22.4 Å². The molecule has 2 aromatic rings. The molecule has 0 bridgehead atoms. The van der Waals surface area contributed by atoms with Crippen LogP contribution in [0.15, 0.2) is 40.9 Å². The van der Waals surface area contributed by atoms with E-state index in [1.165, 1.54) is 0 Å². The molecular formula is C14H9BrCl2O2. The van der Waals surface area contributed by atoms with Crippen molar-refractivity contribution in [2.24, 2.45) is 0 Å². The average molecular weight is 360 g/mol. The van der Waals surface area contributed by atoms with Gasteiger partial charge in [-0.25, -0.2) is 0 Å². The zero-order valence-electron chi connectivity index (χ0n) is 9.70. The molecule has 1 heterocycles. The van der Waals surface area contributed by atoms with Crippen LogP contribution in [0.1, 0.15) is 11.7 Å². The number of benzene rings is 2. The second-order valence-electron chi connectivity index (χ2n) is 4.15. The largest absolute Gasteiger partial charge is 0.485 e. The van der Waals surface area contributed by atoms with Gasteiger partial charge in [0.2, 0.25) is 0 Å². The van der Waals surface area contributed by atoms with E-state index in [1.54, 1.807) is 12.1 Å². The molecule has 1 atom stereocenters. The summed E-state index contributed by atoms with van der Waals surface area (Å²) in [4.78, 5) is 0. The van der Waals surface area contributed by atoms with Gasteiger partial charge in [-0.05, 0) is 40.2 Å². The molecule has 0 N–H and O–H groups in total. The minimum Gasteiger partial charge on any atom is -0.485 e. The Morgan fingerprint density at radius 1 is 1.16 bits per heavy atom. The number of rotatable bonds is 1. The smallest absolute Gasteiger partial charge is 0.176 e. The minimum absolute atomic E-state index is 0.240. The Labute approximate surface area is 129 Å². The fraction of sp³-hybridized carbons (Fsp3) is 0.143. The lowest BCUT2D eigenvalue weighted by Crippen LogP contribution is -2.22. The normalized spacial score (nSPS) is 17.3. The van der Waals surface area contributed by atoms with Crippen molar-refractivity contribution >= 4 is 39.1 Å². The van der Waals surface area contributed by atoms with E-state index < -0.39 is 0 Å². The fourth-order valence-electron chi connectivity index (χ4n) is 1.97. The van der Waals surface area contributed by atoms with E-state index in [9.17, 15) is 0 Å². The van der Waals surface area contributed by atoms with Crippen LogP contribution in [-0.2, 0) is 0 Å². The molecule has 0 radical (unpaired) electrons. The van der Waals surface area contributed by atoms with Crippen LogP contribution in [0.4, 0.5) is 0 Å². The first kappa shape index (κ1) is 13.1. The molecule has 98 valence electrons. The molecular weight excluding hydrogens is 351 g/mol. The lowest BCUT2D eigenvalue weighted by Gasteiger charge is -2.28. The van der Waals surface area contributed by atoms with Crippen molar-refractivity contribution in [1.29, 1.82) is 0 Å². The van der Waals surface area contributed by atoms with Gasteiger partial charge in [0.25, 0.3) is 0 Å². The number of hydrogen-bond acceptors (Lipinski definition) is 2. The number of halogens is 3. The van der Waals surface area contributed by atoms with Crippen molar-refractivity contribution in [3.05, 3.63) is 56.5 Å². The Morgan fingerprint density at radius 3 is 2.79 bits per heavy atom. The molecule has 1 aliphatic heterocycles. The molecule has 2 nitrogen and oxygen atoms in total. The summed E-state index contributed by atoms with van der Waals surface area (Å²) in [6.07, 6.45) is -0.240. The number of fused-ring (bicyclic) bond motifs is 1. The highest BCUT2D eigenvalue weighted by Gasteiger charge is 2.25. The van der Waals surface area contributed by atoms with Crippen LogP contribution < -0.4 is 9.47 Å². The zero-order valence-corrected chi connectivity index (χ0v) is 12.8. The Kier molecular flexibility index (Phi) is 3.61. The van der Waals surface area contributed by atoms with Crippen molar-refractivity contribution < 1.29 is 9.47 Å². The summed E-state index contributed by atoms with van der Waals surface area (Å²) in [5, 5.41) is 1.18. The van der Waals surface area contributed by atoms with E-state index in [1.807, 2.05) is 24.3 Å². The lowest BCUT2D eigenvalue weighted by atomic mass is 10.1. The maximum atomic E-state index is 6.20. The van der Waals surface area contributed by atoms with Gasteiger partial charge in [-0.1, -0.05) is 35.3 Å². The predicted molar refractivity (Wildman–Crippen MR) is 79.5 cm³/mol. The molecule has 2 aromatic carbocycles. The molecule has 0 aromatic heterocycles. The summed E-state index contributed by atoms with van der Waals surface area (Å²) in [6.45, 7) is 0.421. The number of hydrogen-bond donors (Lipinski definition) is 0. The molecule has 5 heteroatoms. The Morgan fingerprint density at radius 2 is 2.00 bits per heavy atom. The van der Waals surface area contributed by atoms with Crippen molar-refractivity contribution in [2.75, 3.05) is 6.61 Å². The molecule has 19 heavy (non-hydrogen) atoms. The maximum absolute atomic E-state index is 6.20. The molecule has 3 rings (SSSR count). The van der Waals surface area contributed by atoms with Crippen LogP contribution in [0.3, 0.4) is 0 Å². The van der Waals surface area contributed by atoms with Gasteiger partial charge < -0.3 is 9.47 Å². The van der Waals surface area contributed by atoms with Crippen molar-refractivity contribution in [3.63, 3.8) is 0 Å². The first-order chi connectivity index (χ1) is 9.15. The van der Waals surface area contributed by atoms with Gasteiger partial charge in [0.15, 0.2) is 17.6 Å². The lowest BCUT2D eigenvalue weighted by molar-refractivity contribution is 0.0903. The second kappa shape index (κ2) is 5.23. The van der Waals surface area contributed by atoms with Crippen LogP contribution in [0.2, 0.25) is 10.0 Å². The monoisotopic (exact) mass is 358 g/mol. The van der Waals surface area contributed by atoms with Gasteiger partial charge in [-0.2, -0.15) is 0 Å². The van der Waals surface area contributed by atoms with Gasteiger partial charge in [-0.15, -0.1) is 0 Å². The van der Waals surface area contributed by atoms with E-state index in [2.05, 4.69) is 15.9 Å². The summed E-state index contributed by atoms with van der Waals surface area (Å²) in [6, 6.07) is 11.1. The van der Waals surface area contributed by atoms with Crippen LogP contribution >= 0.6 is 39.1 Å². The zero-order chi connectivity index (χ0) is 13.4. The van der Waals surface area contributed by atoms with Crippen molar-refractivity contribution in [3.8, 4) is 11.5 Å². The quantitative estimate of drug-likeness (QED) is 0.690. The third kappa shape index (κ3) is 2.55. The Bertz CT molecular complexity index is 631.